The molecule has 208 valence electrons. The van der Waals surface area contributed by atoms with Crippen molar-refractivity contribution in [3.8, 4) is 17.1 Å². The van der Waals surface area contributed by atoms with Gasteiger partial charge in [0.15, 0.2) is 29.7 Å². The summed E-state index contributed by atoms with van der Waals surface area (Å²) in [5.41, 5.74) is -0.922. The molecular weight excluding hydrogens is 570 g/mol. The van der Waals surface area contributed by atoms with Crippen molar-refractivity contribution in [2.24, 2.45) is 5.14 Å². The number of aliphatic hydroxyl groups is 1. The first kappa shape index (κ1) is 28.4. The molecule has 11 nitrogen and oxygen atoms in total. The third kappa shape index (κ3) is 6.03. The summed E-state index contributed by atoms with van der Waals surface area (Å²) in [5, 5.41) is 23.4. The summed E-state index contributed by atoms with van der Waals surface area (Å²) in [6, 6.07) is 11.1. The maximum absolute atomic E-state index is 14.5. The first-order chi connectivity index (χ1) is 18.2. The van der Waals surface area contributed by atoms with Gasteiger partial charge in [0.25, 0.3) is 0 Å². The zero-order valence-electron chi connectivity index (χ0n) is 19.9. The standard InChI is InChI=1S/C22H20ClF4N7O4S/c1-12(24)19-29-18(30-34(19)15-4-2-3-5-16(15)39(28,37)38)11-33-21(36)32(10-17(35)22(25,26)27)20(31-33)13-6-8-14(23)9-7-13/h2-9,12,17,35H,10-11H2,1H3,(H2,28,37,38)/t12?,17-/m0/s1. The Morgan fingerprint density at radius 3 is 2.33 bits per heavy atom. The highest BCUT2D eigenvalue weighted by atomic mass is 35.5. The number of aliphatic hydroxyl groups excluding tert-OH is 1. The van der Waals surface area contributed by atoms with Gasteiger partial charge < -0.3 is 5.11 Å². The van der Waals surface area contributed by atoms with Crippen molar-refractivity contribution in [3.63, 3.8) is 0 Å². The molecule has 0 amide bonds. The summed E-state index contributed by atoms with van der Waals surface area (Å²) in [4.78, 5) is 16.8. The Balaban J connectivity index is 1.81. The van der Waals surface area contributed by atoms with Gasteiger partial charge in [0.1, 0.15) is 11.4 Å². The predicted molar refractivity (Wildman–Crippen MR) is 130 cm³/mol. The number of rotatable bonds is 8. The second-order valence-corrected chi connectivity index (χ2v) is 10.3. The fourth-order valence-corrected chi connectivity index (χ4v) is 4.51. The Morgan fingerprint density at radius 2 is 1.74 bits per heavy atom. The summed E-state index contributed by atoms with van der Waals surface area (Å²) < 4.78 is 80.1. The van der Waals surface area contributed by atoms with Crippen LogP contribution in [0.15, 0.2) is 58.2 Å². The molecule has 17 heteroatoms. The molecule has 3 N–H and O–H groups in total. The molecule has 4 rings (SSSR count). The molecule has 1 unspecified atom stereocenters. The third-order valence-corrected chi connectivity index (χ3v) is 6.69. The molecule has 0 fully saturated rings. The summed E-state index contributed by atoms with van der Waals surface area (Å²) in [7, 11) is -4.25. The molecule has 0 saturated heterocycles. The molecule has 0 bridgehead atoms. The molecule has 0 saturated carbocycles. The average Bonchev–Trinajstić information content (AvgIpc) is 3.41. The molecular formula is C22H20ClF4N7O4S. The fourth-order valence-electron chi connectivity index (χ4n) is 3.67. The normalized spacial score (nSPS) is 13.9. The number of primary sulfonamides is 1. The van der Waals surface area contributed by atoms with Gasteiger partial charge in [-0.15, -0.1) is 10.2 Å². The van der Waals surface area contributed by atoms with Crippen LogP contribution >= 0.6 is 11.6 Å². The van der Waals surface area contributed by atoms with E-state index in [1.165, 1.54) is 48.5 Å². The van der Waals surface area contributed by atoms with Gasteiger partial charge in [-0.1, -0.05) is 23.7 Å². The van der Waals surface area contributed by atoms with Crippen LogP contribution in [0.4, 0.5) is 17.6 Å². The van der Waals surface area contributed by atoms with Crippen LogP contribution in [0.2, 0.25) is 5.02 Å². The van der Waals surface area contributed by atoms with Crippen molar-refractivity contribution in [2.45, 2.75) is 43.4 Å². The van der Waals surface area contributed by atoms with Gasteiger partial charge in [0, 0.05) is 10.6 Å². The van der Waals surface area contributed by atoms with E-state index >= 15 is 0 Å². The number of aromatic nitrogens is 6. The van der Waals surface area contributed by atoms with E-state index in [-0.39, 0.29) is 33.6 Å². The molecule has 0 spiro atoms. The van der Waals surface area contributed by atoms with E-state index in [1.54, 1.807) is 0 Å². The number of para-hydroxylation sites is 1. The van der Waals surface area contributed by atoms with Crippen LogP contribution in [-0.2, 0) is 23.1 Å². The second kappa shape index (κ2) is 10.5. The fraction of sp³-hybridized carbons (Fsp3) is 0.273. The highest BCUT2D eigenvalue weighted by Gasteiger charge is 2.39. The van der Waals surface area contributed by atoms with E-state index in [9.17, 15) is 35.9 Å². The smallest absolute Gasteiger partial charge is 0.382 e. The maximum Gasteiger partial charge on any atom is 0.416 e. The van der Waals surface area contributed by atoms with E-state index < -0.39 is 47.3 Å². The van der Waals surface area contributed by atoms with Crippen molar-refractivity contribution < 1.29 is 31.1 Å². The Labute approximate surface area is 223 Å². The van der Waals surface area contributed by atoms with Crippen LogP contribution in [0, 0.1) is 0 Å². The Kier molecular flexibility index (Phi) is 7.66. The van der Waals surface area contributed by atoms with E-state index in [0.717, 1.165) is 16.3 Å². The quantitative estimate of drug-likeness (QED) is 0.300. The minimum absolute atomic E-state index is 0.105. The molecule has 2 atom stereocenters. The molecule has 0 aliphatic heterocycles. The molecule has 4 aromatic rings. The first-order valence-electron chi connectivity index (χ1n) is 11.1. The van der Waals surface area contributed by atoms with Crippen molar-refractivity contribution in [1.82, 2.24) is 29.1 Å². The highest BCUT2D eigenvalue weighted by Crippen LogP contribution is 2.26. The lowest BCUT2D eigenvalue weighted by Gasteiger charge is -2.15. The summed E-state index contributed by atoms with van der Waals surface area (Å²) in [5.74, 6) is -0.735. The van der Waals surface area contributed by atoms with Crippen LogP contribution in [0.5, 0.6) is 0 Å². The number of sulfonamides is 1. The van der Waals surface area contributed by atoms with Crippen molar-refractivity contribution in [1.29, 1.82) is 0 Å². The molecule has 39 heavy (non-hydrogen) atoms. The van der Waals surface area contributed by atoms with Crippen molar-refractivity contribution in [2.75, 3.05) is 0 Å². The largest absolute Gasteiger partial charge is 0.416 e. The Bertz CT molecular complexity index is 1660. The lowest BCUT2D eigenvalue weighted by molar-refractivity contribution is -0.207. The Hall–Kier alpha value is -3.60. The molecule has 2 aromatic heterocycles. The van der Waals surface area contributed by atoms with Gasteiger partial charge in [-0.05, 0) is 43.3 Å². The van der Waals surface area contributed by atoms with E-state index in [0.29, 0.717) is 9.59 Å². The highest BCUT2D eigenvalue weighted by molar-refractivity contribution is 7.89. The van der Waals surface area contributed by atoms with Crippen LogP contribution in [-0.4, -0.2) is 54.9 Å². The van der Waals surface area contributed by atoms with Gasteiger partial charge in [-0.3, -0.25) is 4.57 Å². The summed E-state index contributed by atoms with van der Waals surface area (Å²) in [6.07, 6.45) is -9.63. The van der Waals surface area contributed by atoms with E-state index in [1.807, 2.05) is 0 Å². The van der Waals surface area contributed by atoms with Gasteiger partial charge >= 0.3 is 11.9 Å². The topological polar surface area (TPSA) is 151 Å². The SMILES string of the molecule is CC(F)c1nc(Cn2nc(-c3ccc(Cl)cc3)n(C[C@H](O)C(F)(F)F)c2=O)nn1-c1ccccc1S(N)(=O)=O. The van der Waals surface area contributed by atoms with Crippen LogP contribution in [0.1, 0.15) is 24.7 Å². The molecule has 0 radical (unpaired) electrons. The van der Waals surface area contributed by atoms with Gasteiger partial charge in [-0.2, -0.15) is 13.2 Å². The lowest BCUT2D eigenvalue weighted by atomic mass is 10.2. The first-order valence-corrected chi connectivity index (χ1v) is 13.0. The maximum atomic E-state index is 14.5. The zero-order valence-corrected chi connectivity index (χ0v) is 21.5. The number of benzene rings is 2. The lowest BCUT2D eigenvalue weighted by Crippen LogP contribution is -2.37. The van der Waals surface area contributed by atoms with Crippen LogP contribution < -0.4 is 10.8 Å². The minimum atomic E-state index is -5.01. The minimum Gasteiger partial charge on any atom is -0.382 e. The molecule has 0 aliphatic rings. The average molecular weight is 590 g/mol. The number of nitrogens with zero attached hydrogens (tertiary/aromatic N) is 6. The van der Waals surface area contributed by atoms with E-state index in [4.69, 9.17) is 16.7 Å². The van der Waals surface area contributed by atoms with Gasteiger partial charge in [0.05, 0.1) is 12.2 Å². The van der Waals surface area contributed by atoms with Crippen LogP contribution in [0.3, 0.4) is 0 Å². The Morgan fingerprint density at radius 1 is 1.10 bits per heavy atom. The van der Waals surface area contributed by atoms with Crippen molar-refractivity contribution >= 4 is 21.6 Å². The molecule has 0 aliphatic carbocycles. The predicted octanol–water partition coefficient (Wildman–Crippen LogP) is 2.60. The number of nitrogens with two attached hydrogens (primary N) is 1. The monoisotopic (exact) mass is 589 g/mol. The van der Waals surface area contributed by atoms with Gasteiger partial charge in [-0.25, -0.2) is 37.1 Å². The number of hydrogen-bond acceptors (Lipinski definition) is 7. The number of halogens is 5. The van der Waals surface area contributed by atoms with Crippen LogP contribution in [0.25, 0.3) is 17.1 Å². The second-order valence-electron chi connectivity index (χ2n) is 8.37. The van der Waals surface area contributed by atoms with Gasteiger partial charge in [0.2, 0.25) is 10.0 Å². The number of alkyl halides is 4. The summed E-state index contributed by atoms with van der Waals surface area (Å²) in [6.45, 7) is -0.558. The summed E-state index contributed by atoms with van der Waals surface area (Å²) >= 11 is 5.88. The molecule has 2 aromatic carbocycles. The third-order valence-electron chi connectivity index (χ3n) is 5.48. The van der Waals surface area contributed by atoms with Crippen molar-refractivity contribution in [3.05, 3.63) is 75.7 Å². The number of hydrogen-bond donors (Lipinski definition) is 2. The molecule has 2 heterocycles. The zero-order chi connectivity index (χ0) is 28.7. The van der Waals surface area contributed by atoms with E-state index in [2.05, 4.69) is 15.2 Å².